The van der Waals surface area contributed by atoms with Crippen LogP contribution in [-0.4, -0.2) is 60.6 Å². The second-order valence-electron chi connectivity index (χ2n) is 7.25. The lowest BCUT2D eigenvalue weighted by atomic mass is 10.2. The molecule has 3 rings (SSSR count). The van der Waals surface area contributed by atoms with Crippen LogP contribution in [0.3, 0.4) is 0 Å². The predicted octanol–water partition coefficient (Wildman–Crippen LogP) is 4.04. The molecular formula is C21H26Cl2N2O2S. The first kappa shape index (κ1) is 21.3. The van der Waals surface area contributed by atoms with E-state index >= 15 is 0 Å². The highest BCUT2D eigenvalue weighted by Gasteiger charge is 2.17. The Morgan fingerprint density at radius 2 is 1.71 bits per heavy atom. The van der Waals surface area contributed by atoms with E-state index in [-0.39, 0.29) is 0 Å². The van der Waals surface area contributed by atoms with Gasteiger partial charge in [-0.25, -0.2) is 0 Å². The summed E-state index contributed by atoms with van der Waals surface area (Å²) in [6.07, 6.45) is 1.68. The summed E-state index contributed by atoms with van der Waals surface area (Å²) in [5.41, 5.74) is 2.14. The van der Waals surface area contributed by atoms with Gasteiger partial charge in [-0.2, -0.15) is 0 Å². The lowest BCUT2D eigenvalue weighted by Gasteiger charge is -2.36. The van der Waals surface area contributed by atoms with Gasteiger partial charge in [-0.3, -0.25) is 9.11 Å². The van der Waals surface area contributed by atoms with Gasteiger partial charge in [-0.05, 0) is 51.3 Å². The number of ether oxygens (including phenoxy) is 1. The normalized spacial score (nSPS) is 17.3. The van der Waals surface area contributed by atoms with Crippen LogP contribution < -0.4 is 9.64 Å². The molecule has 28 heavy (non-hydrogen) atoms. The molecule has 1 aliphatic heterocycles. The number of hydrogen-bond donors (Lipinski definition) is 0. The van der Waals surface area contributed by atoms with Crippen LogP contribution in [0.5, 0.6) is 5.75 Å². The molecule has 1 atom stereocenters. The van der Waals surface area contributed by atoms with E-state index in [9.17, 15) is 4.21 Å². The summed E-state index contributed by atoms with van der Waals surface area (Å²) in [7, 11) is -2.02. The van der Waals surface area contributed by atoms with Crippen molar-refractivity contribution in [3.05, 3.63) is 58.1 Å². The summed E-state index contributed by atoms with van der Waals surface area (Å²) in [4.78, 5) is 4.73. The van der Waals surface area contributed by atoms with Gasteiger partial charge in [0.1, 0.15) is 12.4 Å². The molecule has 152 valence electrons. The Morgan fingerprint density at radius 1 is 1.04 bits per heavy atom. The fourth-order valence-corrected chi connectivity index (χ4v) is 4.43. The molecule has 0 radical (unpaired) electrons. The molecule has 0 bridgehead atoms. The molecule has 0 spiro atoms. The Kier molecular flexibility index (Phi) is 7.15. The number of piperazine rings is 1. The zero-order valence-corrected chi connectivity index (χ0v) is 18.4. The molecule has 0 saturated carbocycles. The third-order valence-electron chi connectivity index (χ3n) is 4.71. The number of halogens is 2. The van der Waals surface area contributed by atoms with E-state index in [1.165, 1.54) is 0 Å². The molecule has 1 unspecified atom stereocenters. The van der Waals surface area contributed by atoms with Crippen LogP contribution in [0.15, 0.2) is 42.5 Å². The maximum atomic E-state index is 11.8. The summed E-state index contributed by atoms with van der Waals surface area (Å²) in [6.45, 7) is 5.40. The fourth-order valence-electron chi connectivity index (χ4n) is 3.24. The topological polar surface area (TPSA) is 32.8 Å². The third kappa shape index (κ3) is 6.31. The van der Waals surface area contributed by atoms with E-state index in [4.69, 9.17) is 27.9 Å². The van der Waals surface area contributed by atoms with E-state index in [0.29, 0.717) is 22.4 Å². The van der Waals surface area contributed by atoms with Crippen molar-refractivity contribution in [2.75, 3.05) is 50.5 Å². The first-order chi connectivity index (χ1) is 13.3. The van der Waals surface area contributed by atoms with Gasteiger partial charge in [-0.15, -0.1) is 0 Å². The smallest absolute Gasteiger partial charge is 0.119 e. The van der Waals surface area contributed by atoms with Crippen molar-refractivity contribution >= 4 is 44.3 Å². The Labute approximate surface area is 178 Å². The van der Waals surface area contributed by atoms with Crippen molar-refractivity contribution in [2.24, 2.45) is 0 Å². The Bertz CT molecular complexity index is 893. The van der Waals surface area contributed by atoms with Gasteiger partial charge in [-0.1, -0.05) is 35.3 Å². The predicted molar refractivity (Wildman–Crippen MR) is 122 cm³/mol. The summed E-state index contributed by atoms with van der Waals surface area (Å²) < 4.78 is 17.6. The Balaban J connectivity index is 1.41. The molecule has 1 heterocycles. The number of benzene rings is 2. The zero-order valence-electron chi connectivity index (χ0n) is 16.1. The Morgan fingerprint density at radius 3 is 2.32 bits per heavy atom. The fraction of sp³-hybridized carbons (Fsp3) is 0.381. The lowest BCUT2D eigenvalue weighted by molar-refractivity contribution is 0.200. The molecule has 0 aliphatic carbocycles. The maximum absolute atomic E-state index is 11.8. The van der Waals surface area contributed by atoms with Gasteiger partial charge >= 0.3 is 0 Å². The van der Waals surface area contributed by atoms with Crippen molar-refractivity contribution in [1.29, 1.82) is 0 Å². The first-order valence-electron chi connectivity index (χ1n) is 9.24. The standard InChI is InChI=1S/C21H26Cl2N2O2S/c1-28(2,26)16-17-3-6-19(7-4-17)27-14-13-24-9-11-25(12-10-24)18-5-8-20(22)21(23)15-18/h3-8,15H,1,9-14,16H2,2H3. The highest BCUT2D eigenvalue weighted by molar-refractivity contribution is 7.98. The first-order valence-corrected chi connectivity index (χ1v) is 12.3. The van der Waals surface area contributed by atoms with Crippen molar-refractivity contribution in [3.8, 4) is 5.75 Å². The lowest BCUT2D eigenvalue weighted by Crippen LogP contribution is -2.47. The molecule has 0 N–H and O–H groups in total. The minimum Gasteiger partial charge on any atom is -0.492 e. The van der Waals surface area contributed by atoms with Crippen LogP contribution in [0.1, 0.15) is 5.56 Å². The largest absolute Gasteiger partial charge is 0.492 e. The van der Waals surface area contributed by atoms with Gasteiger partial charge in [0, 0.05) is 50.4 Å². The molecule has 1 saturated heterocycles. The minimum atomic E-state index is -2.02. The molecule has 0 aromatic heterocycles. The highest BCUT2D eigenvalue weighted by Crippen LogP contribution is 2.27. The molecule has 7 heteroatoms. The number of nitrogens with zero attached hydrogens (tertiary/aromatic N) is 2. The number of rotatable bonds is 7. The third-order valence-corrected chi connectivity index (χ3v) is 6.40. The summed E-state index contributed by atoms with van der Waals surface area (Å²) in [5, 5.41) is 1.18. The minimum absolute atomic E-state index is 0.496. The zero-order chi connectivity index (χ0) is 20.1. The van der Waals surface area contributed by atoms with Crippen LogP contribution in [-0.2, 0) is 15.3 Å². The summed E-state index contributed by atoms with van der Waals surface area (Å²) >= 11 is 12.1. The average molecular weight is 441 g/mol. The van der Waals surface area contributed by atoms with E-state index in [1.807, 2.05) is 42.5 Å². The second kappa shape index (κ2) is 9.40. The van der Waals surface area contributed by atoms with Gasteiger partial charge < -0.3 is 9.64 Å². The van der Waals surface area contributed by atoms with Crippen molar-refractivity contribution in [1.82, 2.24) is 4.90 Å². The van der Waals surface area contributed by atoms with E-state index in [0.717, 1.165) is 49.7 Å². The monoisotopic (exact) mass is 440 g/mol. The number of hydrogen-bond acceptors (Lipinski definition) is 4. The molecule has 2 aromatic carbocycles. The van der Waals surface area contributed by atoms with Crippen LogP contribution in [0.2, 0.25) is 10.0 Å². The molecule has 0 amide bonds. The summed E-state index contributed by atoms with van der Waals surface area (Å²) in [6, 6.07) is 13.6. The molecule has 1 aliphatic rings. The number of anilines is 1. The SMILES string of the molecule is C=S(C)(=O)Cc1ccc(OCCN2CCN(c3ccc(Cl)c(Cl)c3)CC2)cc1. The average Bonchev–Trinajstić information content (AvgIpc) is 2.65. The van der Waals surface area contributed by atoms with Crippen molar-refractivity contribution < 1.29 is 8.95 Å². The molecule has 1 fully saturated rings. The van der Waals surface area contributed by atoms with Crippen molar-refractivity contribution in [2.45, 2.75) is 5.75 Å². The molecule has 4 nitrogen and oxygen atoms in total. The molecule has 2 aromatic rings. The van der Waals surface area contributed by atoms with Crippen LogP contribution in [0.25, 0.3) is 0 Å². The van der Waals surface area contributed by atoms with Gasteiger partial charge in [0.15, 0.2) is 0 Å². The van der Waals surface area contributed by atoms with Crippen LogP contribution in [0.4, 0.5) is 5.69 Å². The van der Waals surface area contributed by atoms with Gasteiger partial charge in [0.2, 0.25) is 0 Å². The molecular weight excluding hydrogens is 415 g/mol. The van der Waals surface area contributed by atoms with Crippen molar-refractivity contribution in [3.63, 3.8) is 0 Å². The van der Waals surface area contributed by atoms with Crippen LogP contribution in [0, 0.1) is 0 Å². The highest BCUT2D eigenvalue weighted by atomic mass is 35.5. The quantitative estimate of drug-likeness (QED) is 0.608. The van der Waals surface area contributed by atoms with Gasteiger partial charge in [0.05, 0.1) is 10.0 Å². The van der Waals surface area contributed by atoms with E-state index < -0.39 is 9.52 Å². The van der Waals surface area contributed by atoms with E-state index in [1.54, 1.807) is 6.26 Å². The second-order valence-corrected chi connectivity index (χ2v) is 10.7. The van der Waals surface area contributed by atoms with Crippen LogP contribution >= 0.6 is 23.2 Å². The Hall–Kier alpha value is -1.40. The maximum Gasteiger partial charge on any atom is 0.119 e. The van der Waals surface area contributed by atoms with Gasteiger partial charge in [0.25, 0.3) is 0 Å². The summed E-state index contributed by atoms with van der Waals surface area (Å²) in [5.74, 6) is 5.03. The van der Waals surface area contributed by atoms with E-state index in [2.05, 4.69) is 15.7 Å².